The molecular formula is C17H22N2O2. The van der Waals surface area contributed by atoms with Crippen molar-refractivity contribution in [3.05, 3.63) is 35.5 Å². The summed E-state index contributed by atoms with van der Waals surface area (Å²) in [5.41, 5.74) is 8.33. The molecule has 4 heteroatoms. The van der Waals surface area contributed by atoms with E-state index in [2.05, 4.69) is 17.6 Å². The Morgan fingerprint density at radius 1 is 1.33 bits per heavy atom. The summed E-state index contributed by atoms with van der Waals surface area (Å²) in [5, 5.41) is 0.960. The average molecular weight is 286 g/mol. The second-order valence-electron chi connectivity index (χ2n) is 5.90. The second-order valence-corrected chi connectivity index (χ2v) is 5.90. The van der Waals surface area contributed by atoms with Crippen LogP contribution in [-0.4, -0.2) is 23.7 Å². The van der Waals surface area contributed by atoms with E-state index in [-0.39, 0.29) is 5.91 Å². The molecule has 2 aromatic rings. The Labute approximate surface area is 124 Å². The highest BCUT2D eigenvalue weighted by Crippen LogP contribution is 2.34. The maximum absolute atomic E-state index is 11.8. The number of amides is 1. The summed E-state index contributed by atoms with van der Waals surface area (Å²) < 4.78 is 7.75. The Morgan fingerprint density at radius 3 is 2.67 bits per heavy atom. The number of ether oxygens (including phenoxy) is 1. The first-order chi connectivity index (χ1) is 10.1. The molecule has 4 nitrogen and oxygen atoms in total. The van der Waals surface area contributed by atoms with Gasteiger partial charge in [0, 0.05) is 35.9 Å². The highest BCUT2D eigenvalue weighted by Gasteiger charge is 2.26. The van der Waals surface area contributed by atoms with Crippen LogP contribution < -0.4 is 5.73 Å². The fourth-order valence-corrected chi connectivity index (χ4v) is 3.64. The van der Waals surface area contributed by atoms with Gasteiger partial charge < -0.3 is 15.0 Å². The molecule has 1 aliphatic rings. The Hall–Kier alpha value is -1.81. The summed E-state index contributed by atoms with van der Waals surface area (Å²) in [6, 6.07) is 8.37. The number of aromatic nitrogens is 1. The van der Waals surface area contributed by atoms with Crippen LogP contribution in [0.3, 0.4) is 0 Å². The van der Waals surface area contributed by atoms with Crippen molar-refractivity contribution in [1.29, 1.82) is 0 Å². The molecule has 1 fully saturated rings. The smallest absolute Gasteiger partial charge is 0.251 e. The quantitative estimate of drug-likeness (QED) is 0.942. The standard InChI is InChI=1S/C17H22N2O2/c1-11(13-7-9-21-10-8-13)19-12(2)16(17(18)20)14-5-3-4-6-15(14)19/h3-6,11,13H,7-10H2,1-2H3,(H2,18,20)/t11-/m0/s1. The van der Waals surface area contributed by atoms with Gasteiger partial charge in [-0.25, -0.2) is 0 Å². The van der Waals surface area contributed by atoms with E-state index in [1.54, 1.807) is 0 Å². The molecule has 1 atom stereocenters. The van der Waals surface area contributed by atoms with E-state index in [0.29, 0.717) is 17.5 Å². The van der Waals surface area contributed by atoms with Crippen LogP contribution in [0.15, 0.2) is 24.3 Å². The van der Waals surface area contributed by atoms with Gasteiger partial charge in [-0.3, -0.25) is 4.79 Å². The van der Waals surface area contributed by atoms with Gasteiger partial charge in [-0.2, -0.15) is 0 Å². The lowest BCUT2D eigenvalue weighted by Gasteiger charge is -2.30. The summed E-state index contributed by atoms with van der Waals surface area (Å²) in [7, 11) is 0. The van der Waals surface area contributed by atoms with Crippen molar-refractivity contribution in [2.24, 2.45) is 11.7 Å². The van der Waals surface area contributed by atoms with Crippen LogP contribution >= 0.6 is 0 Å². The SMILES string of the molecule is Cc1c(C(N)=O)c2ccccc2n1[C@@H](C)C1CCOCC1. The maximum Gasteiger partial charge on any atom is 0.251 e. The van der Waals surface area contributed by atoms with Gasteiger partial charge in [-0.1, -0.05) is 18.2 Å². The number of carbonyl (C=O) groups excluding carboxylic acids is 1. The molecular weight excluding hydrogens is 264 g/mol. The van der Waals surface area contributed by atoms with Crippen LogP contribution in [0.1, 0.15) is 41.9 Å². The summed E-state index contributed by atoms with van der Waals surface area (Å²) >= 11 is 0. The number of rotatable bonds is 3. The van der Waals surface area contributed by atoms with Gasteiger partial charge in [0.1, 0.15) is 0 Å². The molecule has 21 heavy (non-hydrogen) atoms. The zero-order valence-electron chi connectivity index (χ0n) is 12.6. The van der Waals surface area contributed by atoms with Crippen molar-refractivity contribution < 1.29 is 9.53 Å². The third kappa shape index (κ3) is 2.33. The van der Waals surface area contributed by atoms with Crippen LogP contribution in [-0.2, 0) is 4.74 Å². The summed E-state index contributed by atoms with van der Waals surface area (Å²) in [4.78, 5) is 11.8. The van der Waals surface area contributed by atoms with Gasteiger partial charge in [0.15, 0.2) is 0 Å². The summed E-state index contributed by atoms with van der Waals surface area (Å²) in [6.45, 7) is 5.89. The molecule has 2 N–H and O–H groups in total. The van der Waals surface area contributed by atoms with Crippen molar-refractivity contribution in [3.8, 4) is 0 Å². The largest absolute Gasteiger partial charge is 0.381 e. The lowest BCUT2D eigenvalue weighted by Crippen LogP contribution is -2.25. The number of hydrogen-bond donors (Lipinski definition) is 1. The molecule has 1 amide bonds. The molecule has 0 saturated carbocycles. The van der Waals surface area contributed by atoms with Gasteiger partial charge in [-0.15, -0.1) is 0 Å². The molecule has 112 valence electrons. The van der Waals surface area contributed by atoms with Gasteiger partial charge in [0.2, 0.25) is 0 Å². The lowest BCUT2D eigenvalue weighted by molar-refractivity contribution is 0.0517. The first kappa shape index (κ1) is 14.1. The van der Waals surface area contributed by atoms with Crippen LogP contribution in [0.25, 0.3) is 10.9 Å². The molecule has 1 saturated heterocycles. The molecule has 1 aromatic heterocycles. The Morgan fingerprint density at radius 2 is 2.00 bits per heavy atom. The minimum absolute atomic E-state index is 0.340. The fourth-order valence-electron chi connectivity index (χ4n) is 3.64. The van der Waals surface area contributed by atoms with Crippen molar-refractivity contribution in [2.75, 3.05) is 13.2 Å². The van der Waals surface area contributed by atoms with E-state index < -0.39 is 0 Å². The number of nitrogens with zero attached hydrogens (tertiary/aromatic N) is 1. The predicted molar refractivity (Wildman–Crippen MR) is 83.4 cm³/mol. The van der Waals surface area contributed by atoms with Gasteiger partial charge in [0.05, 0.1) is 5.56 Å². The Kier molecular flexibility index (Phi) is 3.72. The van der Waals surface area contributed by atoms with E-state index in [0.717, 1.165) is 42.7 Å². The number of primary amides is 1. The molecule has 0 radical (unpaired) electrons. The van der Waals surface area contributed by atoms with E-state index in [1.165, 1.54) is 0 Å². The van der Waals surface area contributed by atoms with Crippen LogP contribution in [0.2, 0.25) is 0 Å². The van der Waals surface area contributed by atoms with Gasteiger partial charge in [-0.05, 0) is 38.7 Å². The first-order valence-electron chi connectivity index (χ1n) is 7.58. The van der Waals surface area contributed by atoms with Crippen molar-refractivity contribution in [1.82, 2.24) is 4.57 Å². The van der Waals surface area contributed by atoms with E-state index in [4.69, 9.17) is 10.5 Å². The number of hydrogen-bond acceptors (Lipinski definition) is 2. The van der Waals surface area contributed by atoms with Crippen LogP contribution in [0.4, 0.5) is 0 Å². The molecule has 0 unspecified atom stereocenters. The third-order valence-electron chi connectivity index (χ3n) is 4.76. The van der Waals surface area contributed by atoms with Crippen molar-refractivity contribution >= 4 is 16.8 Å². The molecule has 1 aromatic carbocycles. The number of nitrogens with two attached hydrogens (primary N) is 1. The number of para-hydroxylation sites is 1. The van der Waals surface area contributed by atoms with Crippen LogP contribution in [0, 0.1) is 12.8 Å². The number of fused-ring (bicyclic) bond motifs is 1. The normalized spacial score (nSPS) is 18.0. The highest BCUT2D eigenvalue weighted by atomic mass is 16.5. The first-order valence-corrected chi connectivity index (χ1v) is 7.58. The topological polar surface area (TPSA) is 57.2 Å². The molecule has 3 rings (SSSR count). The molecule has 1 aliphatic heterocycles. The monoisotopic (exact) mass is 286 g/mol. The van der Waals surface area contributed by atoms with Crippen molar-refractivity contribution in [3.63, 3.8) is 0 Å². The fraction of sp³-hybridized carbons (Fsp3) is 0.471. The summed E-state index contributed by atoms with van der Waals surface area (Å²) in [6.07, 6.45) is 2.14. The lowest BCUT2D eigenvalue weighted by atomic mass is 9.92. The maximum atomic E-state index is 11.8. The summed E-state index contributed by atoms with van der Waals surface area (Å²) in [5.74, 6) is 0.232. The second kappa shape index (κ2) is 5.53. The zero-order valence-corrected chi connectivity index (χ0v) is 12.6. The van der Waals surface area contributed by atoms with Gasteiger partial charge >= 0.3 is 0 Å². The predicted octanol–water partition coefficient (Wildman–Crippen LogP) is 3.04. The average Bonchev–Trinajstić information content (AvgIpc) is 2.79. The van der Waals surface area contributed by atoms with E-state index in [1.807, 2.05) is 25.1 Å². The third-order valence-corrected chi connectivity index (χ3v) is 4.76. The Bertz CT molecular complexity index is 669. The zero-order chi connectivity index (χ0) is 15.0. The Balaban J connectivity index is 2.13. The van der Waals surface area contributed by atoms with Gasteiger partial charge in [0.25, 0.3) is 5.91 Å². The number of carbonyl (C=O) groups is 1. The molecule has 0 aliphatic carbocycles. The number of benzene rings is 1. The minimum atomic E-state index is -0.346. The van der Waals surface area contributed by atoms with Crippen molar-refractivity contribution in [2.45, 2.75) is 32.7 Å². The molecule has 2 heterocycles. The highest BCUT2D eigenvalue weighted by molar-refractivity contribution is 6.07. The minimum Gasteiger partial charge on any atom is -0.381 e. The molecule has 0 bridgehead atoms. The van der Waals surface area contributed by atoms with Crippen LogP contribution in [0.5, 0.6) is 0 Å². The van der Waals surface area contributed by atoms with E-state index in [9.17, 15) is 4.79 Å². The van der Waals surface area contributed by atoms with E-state index >= 15 is 0 Å². The molecule has 0 spiro atoms.